The molecule has 0 radical (unpaired) electrons. The lowest BCUT2D eigenvalue weighted by Gasteiger charge is -2.22. The van der Waals surface area contributed by atoms with Crippen LogP contribution in [0.2, 0.25) is 5.02 Å². The van der Waals surface area contributed by atoms with Gasteiger partial charge in [0.1, 0.15) is 5.75 Å². The highest BCUT2D eigenvalue weighted by atomic mass is 35.5. The first kappa shape index (κ1) is 19.1. The monoisotopic (exact) mass is 400 g/mol. The van der Waals surface area contributed by atoms with Crippen molar-refractivity contribution in [3.63, 3.8) is 0 Å². The Morgan fingerprint density at radius 3 is 2.61 bits per heavy atom. The van der Waals surface area contributed by atoms with Gasteiger partial charge in [-0.2, -0.15) is 0 Å². The second kappa shape index (κ2) is 8.00. The Morgan fingerprint density at radius 1 is 1.18 bits per heavy atom. The second-order valence-electron chi connectivity index (χ2n) is 7.69. The minimum atomic E-state index is -0.0578. The summed E-state index contributed by atoms with van der Waals surface area (Å²) in [5.74, 6) is 1.09. The van der Waals surface area contributed by atoms with Crippen molar-refractivity contribution < 1.29 is 9.53 Å². The fourth-order valence-electron chi connectivity index (χ4n) is 4.01. The van der Waals surface area contributed by atoms with E-state index in [4.69, 9.17) is 16.3 Å². The Hall–Kier alpha value is -2.27. The predicted octanol–water partition coefficient (Wildman–Crippen LogP) is 4.11. The van der Waals surface area contributed by atoms with Crippen molar-refractivity contribution in [2.45, 2.75) is 56.9 Å². The molecule has 1 saturated heterocycles. The number of H-pyrrole nitrogens is 1. The first-order valence-electron chi connectivity index (χ1n) is 10.00. The molecule has 1 amide bonds. The lowest BCUT2D eigenvalue weighted by Crippen LogP contribution is -2.28. The van der Waals surface area contributed by atoms with Crippen LogP contribution in [0.25, 0.3) is 0 Å². The van der Waals surface area contributed by atoms with Gasteiger partial charge in [0.05, 0.1) is 11.6 Å². The molecule has 28 heavy (non-hydrogen) atoms. The Morgan fingerprint density at radius 2 is 2.00 bits per heavy atom. The summed E-state index contributed by atoms with van der Waals surface area (Å²) in [7, 11) is 0. The number of amides is 1. The average Bonchev–Trinajstić information content (AvgIpc) is 3.43. The topological polar surface area (TPSA) is 71.2 Å². The van der Waals surface area contributed by atoms with Crippen molar-refractivity contribution in [3.8, 4) is 5.75 Å². The number of benzene rings is 1. The van der Waals surface area contributed by atoms with Gasteiger partial charge < -0.3 is 15.0 Å². The number of aromatic nitrogens is 1. The molecule has 1 saturated carbocycles. The van der Waals surface area contributed by atoms with E-state index in [0.717, 1.165) is 42.5 Å². The van der Waals surface area contributed by atoms with Gasteiger partial charge in [-0.05, 0) is 62.3 Å². The Labute approximate surface area is 169 Å². The summed E-state index contributed by atoms with van der Waals surface area (Å²) < 4.78 is 5.55. The zero-order valence-corrected chi connectivity index (χ0v) is 16.7. The fraction of sp³-hybridized carbons (Fsp3) is 0.455. The minimum absolute atomic E-state index is 0.00232. The molecular weight excluding hydrogens is 376 g/mol. The molecule has 148 valence electrons. The van der Waals surface area contributed by atoms with Crippen LogP contribution < -0.4 is 15.6 Å². The van der Waals surface area contributed by atoms with E-state index < -0.39 is 0 Å². The van der Waals surface area contributed by atoms with Crippen molar-refractivity contribution in [1.82, 2.24) is 10.3 Å². The van der Waals surface area contributed by atoms with Crippen LogP contribution in [-0.4, -0.2) is 23.5 Å². The normalized spacial score (nSPS) is 20.1. The van der Waals surface area contributed by atoms with Crippen molar-refractivity contribution in [2.75, 3.05) is 6.61 Å². The van der Waals surface area contributed by atoms with E-state index in [9.17, 15) is 9.59 Å². The molecule has 1 unspecified atom stereocenters. The average molecular weight is 401 g/mol. The Bertz CT molecular complexity index is 936. The molecule has 2 aromatic rings. The van der Waals surface area contributed by atoms with E-state index >= 15 is 0 Å². The number of carbonyl (C=O) groups excluding carboxylic acids is 1. The van der Waals surface area contributed by atoms with Crippen LogP contribution in [-0.2, 0) is 4.79 Å². The predicted molar refractivity (Wildman–Crippen MR) is 109 cm³/mol. The van der Waals surface area contributed by atoms with E-state index in [0.29, 0.717) is 29.7 Å². The van der Waals surface area contributed by atoms with Crippen LogP contribution in [0, 0.1) is 0 Å². The van der Waals surface area contributed by atoms with Crippen LogP contribution >= 0.6 is 11.6 Å². The molecule has 0 bridgehead atoms. The molecule has 1 aliphatic carbocycles. The molecule has 2 heterocycles. The van der Waals surface area contributed by atoms with Gasteiger partial charge in [0.15, 0.2) is 0 Å². The standard InChI is InChI=1S/C22H25ClN2O3/c1-2-28-20-9-5-14(11-18(20)23)17(12-15-6-10-21(26)24-15)19-8-7-16(13-3-4-13)22(27)25-19/h5,7-9,11,13,15,17H,2-4,6,10,12H2,1H3,(H,24,26)(H,25,27)/t15-,17?/m1/s1. The van der Waals surface area contributed by atoms with E-state index in [1.807, 2.05) is 37.3 Å². The van der Waals surface area contributed by atoms with Crippen molar-refractivity contribution in [2.24, 2.45) is 0 Å². The highest BCUT2D eigenvalue weighted by molar-refractivity contribution is 6.32. The van der Waals surface area contributed by atoms with Crippen molar-refractivity contribution in [3.05, 3.63) is 62.5 Å². The zero-order valence-electron chi connectivity index (χ0n) is 16.0. The molecule has 6 heteroatoms. The summed E-state index contributed by atoms with van der Waals surface area (Å²) in [6.07, 6.45) is 4.26. The molecule has 0 spiro atoms. The third-order valence-corrected chi connectivity index (χ3v) is 5.91. The highest BCUT2D eigenvalue weighted by Crippen LogP contribution is 2.39. The smallest absolute Gasteiger partial charge is 0.251 e. The Balaban J connectivity index is 1.67. The van der Waals surface area contributed by atoms with Crippen LogP contribution in [0.4, 0.5) is 0 Å². The van der Waals surface area contributed by atoms with Gasteiger partial charge in [-0.15, -0.1) is 0 Å². The summed E-state index contributed by atoms with van der Waals surface area (Å²) in [6.45, 7) is 2.47. The van der Waals surface area contributed by atoms with Gasteiger partial charge in [0.2, 0.25) is 5.91 Å². The number of pyridine rings is 1. The number of rotatable bonds is 7. The molecule has 2 fully saturated rings. The van der Waals surface area contributed by atoms with Crippen LogP contribution in [0.5, 0.6) is 5.75 Å². The third-order valence-electron chi connectivity index (χ3n) is 5.62. The minimum Gasteiger partial charge on any atom is -0.492 e. The summed E-state index contributed by atoms with van der Waals surface area (Å²) >= 11 is 6.42. The quantitative estimate of drug-likeness (QED) is 0.734. The van der Waals surface area contributed by atoms with E-state index in [2.05, 4.69) is 10.3 Å². The van der Waals surface area contributed by atoms with Gasteiger partial charge in [-0.25, -0.2) is 0 Å². The van der Waals surface area contributed by atoms with Crippen LogP contribution in [0.15, 0.2) is 35.1 Å². The molecule has 2 aliphatic rings. The lowest BCUT2D eigenvalue weighted by atomic mass is 9.88. The summed E-state index contributed by atoms with van der Waals surface area (Å²) in [5.41, 5.74) is 2.74. The van der Waals surface area contributed by atoms with Crippen LogP contribution in [0.3, 0.4) is 0 Å². The number of nitrogens with one attached hydrogen (secondary N) is 2. The number of hydrogen-bond acceptors (Lipinski definition) is 3. The van der Waals surface area contributed by atoms with E-state index in [-0.39, 0.29) is 23.4 Å². The SMILES string of the molecule is CCOc1ccc(C(C[C@H]2CCC(=O)N2)c2ccc(C3CC3)c(=O)[nH]2)cc1Cl. The molecule has 1 aliphatic heterocycles. The number of hydrogen-bond donors (Lipinski definition) is 2. The number of ether oxygens (including phenoxy) is 1. The van der Waals surface area contributed by atoms with Gasteiger partial charge in [-0.1, -0.05) is 23.7 Å². The molecular formula is C22H25ClN2O3. The second-order valence-corrected chi connectivity index (χ2v) is 8.09. The fourth-order valence-corrected chi connectivity index (χ4v) is 4.25. The molecule has 2 atom stereocenters. The molecule has 4 rings (SSSR count). The van der Waals surface area contributed by atoms with E-state index in [1.54, 1.807) is 0 Å². The molecule has 1 aromatic carbocycles. The Kier molecular flexibility index (Phi) is 5.44. The van der Waals surface area contributed by atoms with Gasteiger partial charge >= 0.3 is 0 Å². The summed E-state index contributed by atoms with van der Waals surface area (Å²) in [4.78, 5) is 27.3. The maximum atomic E-state index is 12.6. The lowest BCUT2D eigenvalue weighted by molar-refractivity contribution is -0.119. The third kappa shape index (κ3) is 4.09. The highest BCUT2D eigenvalue weighted by Gasteiger charge is 2.29. The summed E-state index contributed by atoms with van der Waals surface area (Å²) in [5, 5.41) is 3.59. The molecule has 2 N–H and O–H groups in total. The van der Waals surface area contributed by atoms with Crippen molar-refractivity contribution in [1.29, 1.82) is 0 Å². The van der Waals surface area contributed by atoms with Crippen LogP contribution in [0.1, 0.15) is 67.7 Å². The molecule has 1 aromatic heterocycles. The van der Waals surface area contributed by atoms with Crippen molar-refractivity contribution >= 4 is 17.5 Å². The maximum Gasteiger partial charge on any atom is 0.251 e. The maximum absolute atomic E-state index is 12.6. The largest absolute Gasteiger partial charge is 0.492 e. The summed E-state index contributed by atoms with van der Waals surface area (Å²) in [6, 6.07) is 9.84. The van der Waals surface area contributed by atoms with E-state index in [1.165, 1.54) is 0 Å². The van der Waals surface area contributed by atoms with Gasteiger partial charge in [0, 0.05) is 29.6 Å². The first-order valence-corrected chi connectivity index (χ1v) is 10.4. The number of aromatic amines is 1. The number of carbonyl (C=O) groups is 1. The van der Waals surface area contributed by atoms with Gasteiger partial charge in [0.25, 0.3) is 5.56 Å². The first-order chi connectivity index (χ1) is 13.5. The van der Waals surface area contributed by atoms with Gasteiger partial charge in [-0.3, -0.25) is 9.59 Å². The number of halogens is 1. The molecule has 5 nitrogen and oxygen atoms in total. The zero-order chi connectivity index (χ0) is 19.7.